The van der Waals surface area contributed by atoms with Gasteiger partial charge in [0.15, 0.2) is 5.60 Å². The molecule has 1 N–H and O–H groups in total. The fraction of sp³-hybridized carbons (Fsp3) is 0.267. The standard InChI is InChI=1S/C30H32N2O4/c1-30(2,28(33)34)36-27-18-16-23(17-19-27)14-9-15-26-22-31(20-24-10-5-3-6-11-24)29(35)32(26)21-25-12-7-4-8-13-25/h3-8,10-13,16-19,22H,9,14-15,20-21H2,1-2H3,(H,33,34). The molecule has 6 nitrogen and oxygen atoms in total. The Bertz CT molecular complexity index is 1340. The van der Waals surface area contributed by atoms with E-state index in [-0.39, 0.29) is 5.69 Å². The first kappa shape index (κ1) is 25.0. The number of carboxylic acid groups (broad SMARTS) is 1. The summed E-state index contributed by atoms with van der Waals surface area (Å²) in [5.41, 5.74) is 3.06. The molecule has 6 heteroatoms. The Morgan fingerprint density at radius 1 is 0.806 bits per heavy atom. The molecule has 4 rings (SSSR count). The number of rotatable bonds is 11. The second-order valence-corrected chi connectivity index (χ2v) is 9.50. The molecule has 1 heterocycles. The third-order valence-electron chi connectivity index (χ3n) is 6.22. The van der Waals surface area contributed by atoms with E-state index in [4.69, 9.17) is 4.74 Å². The number of benzene rings is 3. The predicted molar refractivity (Wildman–Crippen MR) is 141 cm³/mol. The summed E-state index contributed by atoms with van der Waals surface area (Å²) in [5, 5.41) is 9.25. The second-order valence-electron chi connectivity index (χ2n) is 9.50. The number of hydrogen-bond acceptors (Lipinski definition) is 3. The fourth-order valence-electron chi connectivity index (χ4n) is 4.15. The van der Waals surface area contributed by atoms with Gasteiger partial charge in [0.25, 0.3) is 0 Å². The first-order valence-electron chi connectivity index (χ1n) is 12.2. The number of aliphatic carboxylic acids is 1. The maximum atomic E-state index is 13.3. The Morgan fingerprint density at radius 2 is 1.39 bits per heavy atom. The van der Waals surface area contributed by atoms with E-state index in [0.717, 1.165) is 41.6 Å². The van der Waals surface area contributed by atoms with Crippen molar-refractivity contribution in [2.24, 2.45) is 0 Å². The summed E-state index contributed by atoms with van der Waals surface area (Å²) in [7, 11) is 0. The lowest BCUT2D eigenvalue weighted by Gasteiger charge is -2.21. The van der Waals surface area contributed by atoms with Crippen molar-refractivity contribution in [3.05, 3.63) is 124 Å². The van der Waals surface area contributed by atoms with Crippen LogP contribution in [0.5, 0.6) is 5.75 Å². The molecule has 1 aromatic heterocycles. The Hall–Kier alpha value is -4.06. The Balaban J connectivity index is 1.46. The van der Waals surface area contributed by atoms with Gasteiger partial charge in [-0.05, 0) is 61.9 Å². The van der Waals surface area contributed by atoms with E-state index in [1.807, 2.05) is 95.7 Å². The molecule has 186 valence electrons. The van der Waals surface area contributed by atoms with Crippen LogP contribution in [0.15, 0.2) is 95.9 Å². The van der Waals surface area contributed by atoms with E-state index < -0.39 is 11.6 Å². The van der Waals surface area contributed by atoms with E-state index in [1.165, 1.54) is 13.8 Å². The van der Waals surface area contributed by atoms with E-state index in [1.54, 1.807) is 4.57 Å². The Labute approximate surface area is 211 Å². The van der Waals surface area contributed by atoms with E-state index in [0.29, 0.717) is 18.8 Å². The van der Waals surface area contributed by atoms with Crippen molar-refractivity contribution in [1.82, 2.24) is 9.13 Å². The van der Waals surface area contributed by atoms with E-state index in [2.05, 4.69) is 0 Å². The highest BCUT2D eigenvalue weighted by Gasteiger charge is 2.29. The summed E-state index contributed by atoms with van der Waals surface area (Å²) < 4.78 is 9.26. The van der Waals surface area contributed by atoms with Crippen molar-refractivity contribution >= 4 is 5.97 Å². The van der Waals surface area contributed by atoms with Gasteiger partial charge in [0.05, 0.1) is 13.1 Å². The lowest BCUT2D eigenvalue weighted by Crippen LogP contribution is -2.37. The molecular weight excluding hydrogens is 452 g/mol. The van der Waals surface area contributed by atoms with Crippen molar-refractivity contribution in [1.29, 1.82) is 0 Å². The van der Waals surface area contributed by atoms with Crippen LogP contribution in [0.3, 0.4) is 0 Å². The third kappa shape index (κ3) is 6.33. The average molecular weight is 485 g/mol. The van der Waals surface area contributed by atoms with E-state index in [9.17, 15) is 14.7 Å². The molecule has 36 heavy (non-hydrogen) atoms. The number of carbonyl (C=O) groups is 1. The van der Waals surface area contributed by atoms with Crippen LogP contribution in [0, 0.1) is 0 Å². The number of aryl methyl sites for hydroxylation is 2. The summed E-state index contributed by atoms with van der Waals surface area (Å²) in [4.78, 5) is 24.6. The molecule has 3 aromatic carbocycles. The number of hydrogen-bond donors (Lipinski definition) is 1. The molecule has 0 aliphatic carbocycles. The topological polar surface area (TPSA) is 73.5 Å². The van der Waals surface area contributed by atoms with Crippen molar-refractivity contribution in [2.75, 3.05) is 0 Å². The highest BCUT2D eigenvalue weighted by molar-refractivity contribution is 5.76. The van der Waals surface area contributed by atoms with Crippen LogP contribution in [0.4, 0.5) is 0 Å². The molecule has 0 atom stereocenters. The minimum atomic E-state index is -1.28. The lowest BCUT2D eigenvalue weighted by atomic mass is 10.1. The number of imidazole rings is 1. The molecule has 0 radical (unpaired) electrons. The number of nitrogens with zero attached hydrogens (tertiary/aromatic N) is 2. The largest absolute Gasteiger partial charge is 0.478 e. The normalized spacial score (nSPS) is 11.4. The summed E-state index contributed by atoms with van der Waals surface area (Å²) in [6, 6.07) is 27.6. The minimum absolute atomic E-state index is 0.000234. The van der Waals surface area contributed by atoms with Crippen molar-refractivity contribution in [2.45, 2.75) is 51.8 Å². The van der Waals surface area contributed by atoms with Gasteiger partial charge in [-0.2, -0.15) is 0 Å². The molecule has 0 aliphatic heterocycles. The quantitative estimate of drug-likeness (QED) is 0.319. The molecule has 4 aromatic rings. The molecule has 0 unspecified atom stereocenters. The molecule has 0 aliphatic rings. The van der Waals surface area contributed by atoms with Crippen LogP contribution in [0.1, 0.15) is 42.7 Å². The minimum Gasteiger partial charge on any atom is -0.478 e. The molecular formula is C30H32N2O4. The summed E-state index contributed by atoms with van der Waals surface area (Å²) >= 11 is 0. The summed E-state index contributed by atoms with van der Waals surface area (Å²) in [5.74, 6) is -0.479. The first-order chi connectivity index (χ1) is 17.3. The van der Waals surface area contributed by atoms with E-state index >= 15 is 0 Å². The van der Waals surface area contributed by atoms with Gasteiger partial charge in [-0.15, -0.1) is 0 Å². The molecule has 0 bridgehead atoms. The Morgan fingerprint density at radius 3 is 1.97 bits per heavy atom. The van der Waals surface area contributed by atoms with Gasteiger partial charge in [-0.25, -0.2) is 9.59 Å². The maximum Gasteiger partial charge on any atom is 0.347 e. The third-order valence-corrected chi connectivity index (χ3v) is 6.22. The van der Waals surface area contributed by atoms with Crippen LogP contribution in [-0.4, -0.2) is 25.8 Å². The number of ether oxygens (including phenoxy) is 1. The van der Waals surface area contributed by atoms with Crippen molar-refractivity contribution < 1.29 is 14.6 Å². The molecule has 0 fully saturated rings. The predicted octanol–water partition coefficient (Wildman–Crippen LogP) is 5.16. The second kappa shape index (κ2) is 11.1. The van der Waals surface area contributed by atoms with Crippen LogP contribution < -0.4 is 10.4 Å². The van der Waals surface area contributed by atoms with Gasteiger partial charge < -0.3 is 9.84 Å². The SMILES string of the molecule is CC(C)(Oc1ccc(CCCc2cn(Cc3ccccc3)c(=O)n2Cc2ccccc2)cc1)C(=O)O. The van der Waals surface area contributed by atoms with Gasteiger partial charge in [0.1, 0.15) is 5.75 Å². The maximum absolute atomic E-state index is 13.3. The number of aromatic nitrogens is 2. The lowest BCUT2D eigenvalue weighted by molar-refractivity contribution is -0.152. The van der Waals surface area contributed by atoms with Gasteiger partial charge in [-0.3, -0.25) is 9.13 Å². The van der Waals surface area contributed by atoms with Crippen LogP contribution >= 0.6 is 0 Å². The van der Waals surface area contributed by atoms with Crippen molar-refractivity contribution in [3.63, 3.8) is 0 Å². The average Bonchev–Trinajstić information content (AvgIpc) is 3.15. The molecule has 0 spiro atoms. The number of carboxylic acids is 1. The first-order valence-corrected chi connectivity index (χ1v) is 12.2. The highest BCUT2D eigenvalue weighted by atomic mass is 16.5. The monoisotopic (exact) mass is 484 g/mol. The molecule has 0 amide bonds. The van der Waals surface area contributed by atoms with Crippen LogP contribution in [-0.2, 0) is 30.7 Å². The van der Waals surface area contributed by atoms with Gasteiger partial charge >= 0.3 is 11.7 Å². The van der Waals surface area contributed by atoms with Gasteiger partial charge in [0.2, 0.25) is 0 Å². The smallest absolute Gasteiger partial charge is 0.347 e. The van der Waals surface area contributed by atoms with Crippen LogP contribution in [0.2, 0.25) is 0 Å². The van der Waals surface area contributed by atoms with Crippen molar-refractivity contribution in [3.8, 4) is 5.75 Å². The zero-order valence-electron chi connectivity index (χ0n) is 20.8. The zero-order chi connectivity index (χ0) is 25.5. The highest BCUT2D eigenvalue weighted by Crippen LogP contribution is 2.20. The molecule has 0 saturated carbocycles. The van der Waals surface area contributed by atoms with Gasteiger partial charge in [-0.1, -0.05) is 72.8 Å². The summed E-state index contributed by atoms with van der Waals surface area (Å²) in [6.45, 7) is 4.15. The fourth-order valence-corrected chi connectivity index (χ4v) is 4.15. The summed E-state index contributed by atoms with van der Waals surface area (Å²) in [6.07, 6.45) is 4.48. The molecule has 0 saturated heterocycles. The Kier molecular flexibility index (Phi) is 7.74. The van der Waals surface area contributed by atoms with Gasteiger partial charge in [0, 0.05) is 11.9 Å². The van der Waals surface area contributed by atoms with Crippen LogP contribution in [0.25, 0.3) is 0 Å². The zero-order valence-corrected chi connectivity index (χ0v) is 20.8.